The van der Waals surface area contributed by atoms with Crippen LogP contribution in [0.1, 0.15) is 18.1 Å². The van der Waals surface area contributed by atoms with Crippen LogP contribution in [0.2, 0.25) is 0 Å². The summed E-state index contributed by atoms with van der Waals surface area (Å²) in [5.41, 5.74) is 1.81. The molecule has 0 saturated heterocycles. The van der Waals surface area contributed by atoms with Crippen LogP contribution in [0.3, 0.4) is 0 Å². The van der Waals surface area contributed by atoms with Crippen LogP contribution in [-0.4, -0.2) is 22.9 Å². The Morgan fingerprint density at radius 1 is 1.19 bits per heavy atom. The molecule has 2 aromatic rings. The first-order valence-corrected chi connectivity index (χ1v) is 8.85. The Kier molecular flexibility index (Phi) is 7.18. The van der Waals surface area contributed by atoms with Crippen molar-refractivity contribution in [2.24, 2.45) is 0 Å². The highest BCUT2D eigenvalue weighted by molar-refractivity contribution is 8.01. The molecule has 0 heterocycles. The summed E-state index contributed by atoms with van der Waals surface area (Å²) in [6.45, 7) is 1.77. The van der Waals surface area contributed by atoms with Crippen molar-refractivity contribution in [3.8, 4) is 6.07 Å². The predicted octanol–water partition coefficient (Wildman–Crippen LogP) is 3.50. The maximum atomic E-state index is 12.8. The molecular weight excluding hydrogens is 355 g/mol. The van der Waals surface area contributed by atoms with Crippen LogP contribution in [-0.2, 0) is 20.9 Å². The third-order valence-corrected chi connectivity index (χ3v) is 4.51. The number of hydrogen-bond donors (Lipinski definition) is 1. The fourth-order valence-corrected chi connectivity index (χ4v) is 2.62. The normalized spacial score (nSPS) is 11.3. The molecule has 0 radical (unpaired) electrons. The van der Waals surface area contributed by atoms with Gasteiger partial charge in [0.05, 0.1) is 17.4 Å². The van der Waals surface area contributed by atoms with Gasteiger partial charge in [0.1, 0.15) is 17.7 Å². The van der Waals surface area contributed by atoms with Crippen LogP contribution in [0.15, 0.2) is 48.5 Å². The number of nitrogens with one attached hydrogen (secondary N) is 1. The fraction of sp³-hybridized carbons (Fsp3) is 0.211. The number of nitrogens with zero attached hydrogens (tertiary/aromatic N) is 1. The zero-order valence-corrected chi connectivity index (χ0v) is 14.9. The molecule has 7 heteroatoms. The zero-order chi connectivity index (χ0) is 18.9. The standard InChI is InChI=1S/C19H17FN2O3S/c1-13(19(24)25-11-15-4-2-14(10-21)3-5-15)26-12-18(23)22-17-8-6-16(20)7-9-17/h2-9,13H,11-12H2,1H3,(H,22,23). The molecule has 5 nitrogen and oxygen atoms in total. The molecule has 1 unspecified atom stereocenters. The van der Waals surface area contributed by atoms with Gasteiger partial charge in [-0.05, 0) is 48.9 Å². The summed E-state index contributed by atoms with van der Waals surface area (Å²) in [6.07, 6.45) is 0. The molecule has 0 aliphatic heterocycles. The first-order chi connectivity index (χ1) is 12.5. The molecular formula is C19H17FN2O3S. The zero-order valence-electron chi connectivity index (χ0n) is 14.1. The molecule has 0 aliphatic carbocycles. The van der Waals surface area contributed by atoms with Crippen LogP contribution in [0.5, 0.6) is 0 Å². The number of halogens is 1. The number of thioether (sulfide) groups is 1. The van der Waals surface area contributed by atoms with Crippen LogP contribution in [0.25, 0.3) is 0 Å². The average molecular weight is 372 g/mol. The third-order valence-electron chi connectivity index (χ3n) is 3.39. The molecule has 134 valence electrons. The molecule has 0 saturated carbocycles. The molecule has 2 rings (SSSR count). The lowest BCUT2D eigenvalue weighted by Gasteiger charge is -2.11. The number of esters is 1. The summed E-state index contributed by atoms with van der Waals surface area (Å²) in [4.78, 5) is 23.8. The van der Waals surface area contributed by atoms with Gasteiger partial charge in [-0.3, -0.25) is 9.59 Å². The van der Waals surface area contributed by atoms with Crippen LogP contribution in [0, 0.1) is 17.1 Å². The number of carbonyl (C=O) groups is 2. The SMILES string of the molecule is CC(SCC(=O)Nc1ccc(F)cc1)C(=O)OCc1ccc(C#N)cc1. The Morgan fingerprint density at radius 3 is 2.46 bits per heavy atom. The third kappa shape index (κ3) is 6.22. The Bertz CT molecular complexity index is 801. The summed E-state index contributed by atoms with van der Waals surface area (Å²) in [5.74, 6) is -1.01. The second-order valence-corrected chi connectivity index (χ2v) is 6.75. The van der Waals surface area contributed by atoms with Crippen LogP contribution in [0.4, 0.5) is 10.1 Å². The van der Waals surface area contributed by atoms with E-state index >= 15 is 0 Å². The number of benzene rings is 2. The van der Waals surface area contributed by atoms with Gasteiger partial charge in [-0.1, -0.05) is 12.1 Å². The first-order valence-electron chi connectivity index (χ1n) is 7.80. The number of rotatable bonds is 7. The van der Waals surface area contributed by atoms with E-state index in [1.165, 1.54) is 24.3 Å². The Balaban J connectivity index is 1.73. The lowest BCUT2D eigenvalue weighted by molar-refractivity contribution is -0.143. The van der Waals surface area contributed by atoms with E-state index in [-0.39, 0.29) is 24.1 Å². The molecule has 0 bridgehead atoms. The molecule has 0 spiro atoms. The summed E-state index contributed by atoms with van der Waals surface area (Å²) >= 11 is 1.15. The van der Waals surface area contributed by atoms with E-state index in [0.29, 0.717) is 11.3 Å². The molecule has 0 aliphatic rings. The Morgan fingerprint density at radius 2 is 1.85 bits per heavy atom. The van der Waals surface area contributed by atoms with E-state index in [9.17, 15) is 14.0 Å². The molecule has 0 aromatic heterocycles. The second-order valence-electron chi connectivity index (χ2n) is 5.42. The van der Waals surface area contributed by atoms with Gasteiger partial charge in [-0.25, -0.2) is 4.39 Å². The Labute approximate surface area is 155 Å². The van der Waals surface area contributed by atoms with Gasteiger partial charge in [-0.15, -0.1) is 11.8 Å². The van der Waals surface area contributed by atoms with Gasteiger partial charge in [0.15, 0.2) is 0 Å². The highest BCUT2D eigenvalue weighted by Gasteiger charge is 2.17. The molecule has 1 N–H and O–H groups in total. The average Bonchev–Trinajstić information content (AvgIpc) is 2.66. The van der Waals surface area contributed by atoms with Crippen molar-refractivity contribution >= 4 is 29.3 Å². The van der Waals surface area contributed by atoms with Crippen LogP contribution < -0.4 is 5.32 Å². The monoisotopic (exact) mass is 372 g/mol. The minimum Gasteiger partial charge on any atom is -0.460 e. The maximum absolute atomic E-state index is 12.8. The minimum atomic E-state index is -0.507. The van der Waals surface area contributed by atoms with Gasteiger partial charge in [0, 0.05) is 5.69 Å². The van der Waals surface area contributed by atoms with Gasteiger partial charge >= 0.3 is 5.97 Å². The summed E-state index contributed by atoms with van der Waals surface area (Å²) < 4.78 is 18.0. The van der Waals surface area contributed by atoms with Crippen molar-refractivity contribution in [2.45, 2.75) is 18.8 Å². The van der Waals surface area contributed by atoms with Crippen molar-refractivity contribution in [2.75, 3.05) is 11.1 Å². The van der Waals surface area contributed by atoms with Gasteiger partial charge in [-0.2, -0.15) is 5.26 Å². The number of carbonyl (C=O) groups excluding carboxylic acids is 2. The van der Waals surface area contributed by atoms with E-state index in [2.05, 4.69) is 5.32 Å². The number of hydrogen-bond acceptors (Lipinski definition) is 5. The van der Waals surface area contributed by atoms with Crippen molar-refractivity contribution in [3.05, 3.63) is 65.5 Å². The van der Waals surface area contributed by atoms with Crippen molar-refractivity contribution < 1.29 is 18.7 Å². The molecule has 2 aromatic carbocycles. The lowest BCUT2D eigenvalue weighted by Crippen LogP contribution is -2.21. The second kappa shape index (κ2) is 9.59. The highest BCUT2D eigenvalue weighted by atomic mass is 32.2. The topological polar surface area (TPSA) is 79.2 Å². The van der Waals surface area contributed by atoms with Crippen molar-refractivity contribution in [1.82, 2.24) is 0 Å². The number of nitriles is 1. The molecule has 1 amide bonds. The lowest BCUT2D eigenvalue weighted by atomic mass is 10.2. The Hall–Kier alpha value is -2.85. The summed E-state index contributed by atoms with van der Waals surface area (Å²) in [5, 5.41) is 10.9. The van der Waals surface area contributed by atoms with E-state index in [4.69, 9.17) is 10.00 Å². The van der Waals surface area contributed by atoms with E-state index < -0.39 is 11.2 Å². The van der Waals surface area contributed by atoms with Gasteiger partial charge in [0.25, 0.3) is 0 Å². The van der Waals surface area contributed by atoms with E-state index in [0.717, 1.165) is 17.3 Å². The summed E-state index contributed by atoms with van der Waals surface area (Å²) in [7, 11) is 0. The van der Waals surface area contributed by atoms with Gasteiger partial charge < -0.3 is 10.1 Å². The maximum Gasteiger partial charge on any atom is 0.319 e. The highest BCUT2D eigenvalue weighted by Crippen LogP contribution is 2.15. The molecule has 0 fully saturated rings. The fourth-order valence-electron chi connectivity index (χ4n) is 1.95. The van der Waals surface area contributed by atoms with Crippen molar-refractivity contribution in [3.63, 3.8) is 0 Å². The van der Waals surface area contributed by atoms with Crippen molar-refractivity contribution in [1.29, 1.82) is 5.26 Å². The molecule has 1 atom stereocenters. The largest absolute Gasteiger partial charge is 0.460 e. The number of ether oxygens (including phenoxy) is 1. The quantitative estimate of drug-likeness (QED) is 0.753. The smallest absolute Gasteiger partial charge is 0.319 e. The molecule has 26 heavy (non-hydrogen) atoms. The predicted molar refractivity (Wildman–Crippen MR) is 97.9 cm³/mol. The number of amides is 1. The van der Waals surface area contributed by atoms with E-state index in [1.54, 1.807) is 31.2 Å². The van der Waals surface area contributed by atoms with Gasteiger partial charge in [0.2, 0.25) is 5.91 Å². The van der Waals surface area contributed by atoms with Crippen LogP contribution >= 0.6 is 11.8 Å². The number of anilines is 1. The van der Waals surface area contributed by atoms with E-state index in [1.807, 2.05) is 6.07 Å². The summed E-state index contributed by atoms with van der Waals surface area (Å²) in [6, 6.07) is 14.2. The minimum absolute atomic E-state index is 0.0739. The first kappa shape index (κ1) is 19.5.